The second-order valence-corrected chi connectivity index (χ2v) is 5.10. The summed E-state index contributed by atoms with van der Waals surface area (Å²) < 4.78 is 31.3. The number of rotatable bonds is 4. The highest BCUT2D eigenvalue weighted by atomic mass is 32.2. The van der Waals surface area contributed by atoms with Crippen molar-refractivity contribution in [2.45, 2.75) is 24.7 Å². The topological polar surface area (TPSA) is 74.6 Å². The highest BCUT2D eigenvalue weighted by Crippen LogP contribution is 2.26. The van der Waals surface area contributed by atoms with Crippen molar-refractivity contribution < 1.29 is 18.1 Å². The molecule has 1 aromatic carbocycles. The molecule has 0 fully saturated rings. The van der Waals surface area contributed by atoms with Gasteiger partial charge in [-0.1, -0.05) is 30.3 Å². The van der Waals surface area contributed by atoms with E-state index >= 15 is 0 Å². The van der Waals surface area contributed by atoms with E-state index in [0.717, 1.165) is 0 Å². The molecule has 0 bridgehead atoms. The van der Waals surface area contributed by atoms with E-state index < -0.39 is 21.5 Å². The van der Waals surface area contributed by atoms with Crippen LogP contribution < -0.4 is 0 Å². The summed E-state index contributed by atoms with van der Waals surface area (Å²) in [6.07, 6.45) is -0.791. The van der Waals surface area contributed by atoms with Crippen molar-refractivity contribution in [3.8, 4) is 0 Å². The third kappa shape index (κ3) is 3.62. The highest BCUT2D eigenvalue weighted by Gasteiger charge is 2.26. The maximum absolute atomic E-state index is 11.1. The molecule has 0 spiro atoms. The molecule has 0 saturated heterocycles. The number of aliphatic hydroxyl groups excluding tert-OH is 1. The molecular weight excluding hydrogens is 216 g/mol. The van der Waals surface area contributed by atoms with Crippen LogP contribution in [0.1, 0.15) is 24.2 Å². The Morgan fingerprint density at radius 2 is 1.80 bits per heavy atom. The Balaban J connectivity index is 3.03. The first-order chi connectivity index (χ1) is 6.91. The Hall–Kier alpha value is -0.910. The zero-order valence-electron chi connectivity index (χ0n) is 8.37. The highest BCUT2D eigenvalue weighted by molar-refractivity contribution is 7.86. The van der Waals surface area contributed by atoms with Crippen LogP contribution in [0.3, 0.4) is 0 Å². The van der Waals surface area contributed by atoms with Crippen molar-refractivity contribution in [2.24, 2.45) is 0 Å². The average Bonchev–Trinajstić information content (AvgIpc) is 2.14. The summed E-state index contributed by atoms with van der Waals surface area (Å²) in [4.78, 5) is 0. The fourth-order valence-electron chi connectivity index (χ4n) is 1.41. The summed E-state index contributed by atoms with van der Waals surface area (Å²) in [5.41, 5.74) is 0.487. The minimum absolute atomic E-state index is 0.0111. The van der Waals surface area contributed by atoms with Crippen LogP contribution in [0.5, 0.6) is 0 Å². The van der Waals surface area contributed by atoms with E-state index in [9.17, 15) is 13.5 Å². The van der Waals surface area contributed by atoms with Gasteiger partial charge in [0.25, 0.3) is 10.1 Å². The SMILES string of the molecule is CC(O)CC(c1ccccc1)S(=O)(=O)O. The quantitative estimate of drug-likeness (QED) is 0.766. The lowest BCUT2D eigenvalue weighted by Crippen LogP contribution is -2.17. The molecular formula is C10H14O4S. The van der Waals surface area contributed by atoms with Crippen molar-refractivity contribution in [2.75, 3.05) is 0 Å². The summed E-state index contributed by atoms with van der Waals surface area (Å²) >= 11 is 0. The van der Waals surface area contributed by atoms with Gasteiger partial charge in [-0.25, -0.2) is 0 Å². The van der Waals surface area contributed by atoms with Gasteiger partial charge in [-0.2, -0.15) is 8.42 Å². The molecule has 15 heavy (non-hydrogen) atoms. The predicted octanol–water partition coefficient (Wildman–Crippen LogP) is 1.39. The second-order valence-electron chi connectivity index (χ2n) is 3.50. The van der Waals surface area contributed by atoms with Crippen molar-refractivity contribution in [1.29, 1.82) is 0 Å². The molecule has 1 aromatic rings. The van der Waals surface area contributed by atoms with Crippen LogP contribution in [0.25, 0.3) is 0 Å². The molecule has 84 valence electrons. The molecule has 0 heterocycles. The molecule has 2 N–H and O–H groups in total. The molecule has 4 nitrogen and oxygen atoms in total. The molecule has 2 unspecified atom stereocenters. The molecule has 1 rings (SSSR count). The van der Waals surface area contributed by atoms with Crippen LogP contribution in [-0.4, -0.2) is 24.2 Å². The van der Waals surface area contributed by atoms with Crippen molar-refractivity contribution in [3.05, 3.63) is 35.9 Å². The lowest BCUT2D eigenvalue weighted by atomic mass is 10.1. The Morgan fingerprint density at radius 3 is 2.20 bits per heavy atom. The number of benzene rings is 1. The lowest BCUT2D eigenvalue weighted by molar-refractivity contribution is 0.181. The van der Waals surface area contributed by atoms with E-state index in [0.29, 0.717) is 5.56 Å². The molecule has 0 radical (unpaired) electrons. The van der Waals surface area contributed by atoms with Gasteiger partial charge in [0.1, 0.15) is 5.25 Å². The van der Waals surface area contributed by atoms with Gasteiger partial charge in [0.05, 0.1) is 6.10 Å². The summed E-state index contributed by atoms with van der Waals surface area (Å²) in [5.74, 6) is 0. The Kier molecular flexibility index (Phi) is 3.84. The second kappa shape index (κ2) is 4.74. The van der Waals surface area contributed by atoms with Gasteiger partial charge in [0, 0.05) is 0 Å². The zero-order valence-corrected chi connectivity index (χ0v) is 9.18. The van der Waals surface area contributed by atoms with Crippen LogP contribution >= 0.6 is 0 Å². The van der Waals surface area contributed by atoms with Crippen LogP contribution in [0.15, 0.2) is 30.3 Å². The van der Waals surface area contributed by atoms with E-state index in [1.807, 2.05) is 0 Å². The van der Waals surface area contributed by atoms with Crippen molar-refractivity contribution in [1.82, 2.24) is 0 Å². The standard InChI is InChI=1S/C10H14O4S/c1-8(11)7-10(15(12,13)14)9-5-3-2-4-6-9/h2-6,8,10-11H,7H2,1H3,(H,12,13,14). The van der Waals surface area contributed by atoms with Gasteiger partial charge >= 0.3 is 0 Å². The predicted molar refractivity (Wildman–Crippen MR) is 57.0 cm³/mol. The Bertz CT molecular complexity index is 397. The smallest absolute Gasteiger partial charge is 0.272 e. The molecule has 0 saturated carbocycles. The van der Waals surface area contributed by atoms with Crippen molar-refractivity contribution >= 4 is 10.1 Å². The maximum atomic E-state index is 11.1. The molecule has 2 atom stereocenters. The molecule has 0 amide bonds. The van der Waals surface area contributed by atoms with Gasteiger partial charge in [-0.05, 0) is 18.9 Å². The first-order valence-corrected chi connectivity index (χ1v) is 6.11. The van der Waals surface area contributed by atoms with Gasteiger partial charge in [0.15, 0.2) is 0 Å². The summed E-state index contributed by atoms with van der Waals surface area (Å²) in [6.45, 7) is 1.49. The van der Waals surface area contributed by atoms with Gasteiger partial charge in [-0.3, -0.25) is 4.55 Å². The number of hydrogen-bond donors (Lipinski definition) is 2. The third-order valence-corrected chi connectivity index (χ3v) is 3.27. The van der Waals surface area contributed by atoms with Crippen LogP contribution in [-0.2, 0) is 10.1 Å². The van der Waals surface area contributed by atoms with Crippen molar-refractivity contribution in [3.63, 3.8) is 0 Å². The molecule has 0 aromatic heterocycles. The van der Waals surface area contributed by atoms with E-state index in [-0.39, 0.29) is 6.42 Å². The zero-order chi connectivity index (χ0) is 11.5. The van der Waals surface area contributed by atoms with E-state index in [4.69, 9.17) is 4.55 Å². The fraction of sp³-hybridized carbons (Fsp3) is 0.400. The summed E-state index contributed by atoms with van der Waals surface area (Å²) in [5, 5.41) is 8.12. The number of hydrogen-bond acceptors (Lipinski definition) is 3. The Labute approximate surface area is 89.3 Å². The summed E-state index contributed by atoms with van der Waals surface area (Å²) in [7, 11) is -4.17. The monoisotopic (exact) mass is 230 g/mol. The first kappa shape index (κ1) is 12.2. The van der Waals surface area contributed by atoms with Gasteiger partial charge < -0.3 is 5.11 Å². The summed E-state index contributed by atoms with van der Waals surface area (Å²) in [6, 6.07) is 8.36. The Morgan fingerprint density at radius 1 is 1.27 bits per heavy atom. The van der Waals surface area contributed by atoms with Crippen LogP contribution in [0, 0.1) is 0 Å². The average molecular weight is 230 g/mol. The molecule has 5 heteroatoms. The minimum Gasteiger partial charge on any atom is -0.393 e. The largest absolute Gasteiger partial charge is 0.393 e. The minimum atomic E-state index is -4.17. The van der Waals surface area contributed by atoms with E-state index in [2.05, 4.69) is 0 Å². The van der Waals surface area contributed by atoms with Gasteiger partial charge in [-0.15, -0.1) is 0 Å². The maximum Gasteiger partial charge on any atom is 0.272 e. The first-order valence-electron chi connectivity index (χ1n) is 4.60. The molecule has 0 aliphatic heterocycles. The fourth-order valence-corrected chi connectivity index (χ4v) is 2.43. The van der Waals surface area contributed by atoms with Gasteiger partial charge in [0.2, 0.25) is 0 Å². The van der Waals surface area contributed by atoms with Crippen LogP contribution in [0.4, 0.5) is 0 Å². The van der Waals surface area contributed by atoms with Crippen LogP contribution in [0.2, 0.25) is 0 Å². The molecule has 0 aliphatic rings. The normalized spacial score (nSPS) is 15.9. The lowest BCUT2D eigenvalue weighted by Gasteiger charge is -2.15. The van der Waals surface area contributed by atoms with E-state index in [1.54, 1.807) is 30.3 Å². The number of aliphatic hydroxyl groups is 1. The molecule has 0 aliphatic carbocycles. The van der Waals surface area contributed by atoms with E-state index in [1.165, 1.54) is 6.92 Å². The third-order valence-electron chi connectivity index (χ3n) is 2.09.